The maximum absolute atomic E-state index is 14.6. The third kappa shape index (κ3) is 7.71. The average Bonchev–Trinajstić information content (AvgIpc) is 2.89. The SMILES string of the molecule is CC(C)(CNC(=O)Nc1ccc(CC2CCN(Cc3ccc(C(O)(C(F)(F)F)C(F)(F)F)cc3)CC2)cc1F)C(N)=O. The number of carbonyl (C=O) groups is 2. The molecule has 1 fully saturated rings. The van der Waals surface area contributed by atoms with Gasteiger partial charge in [-0.25, -0.2) is 9.18 Å². The molecule has 2 aromatic rings. The van der Waals surface area contributed by atoms with Gasteiger partial charge in [-0.3, -0.25) is 9.69 Å². The molecule has 2 aromatic carbocycles. The first-order valence-corrected chi connectivity index (χ1v) is 13.1. The van der Waals surface area contributed by atoms with Crippen molar-refractivity contribution in [1.29, 1.82) is 0 Å². The van der Waals surface area contributed by atoms with Crippen LogP contribution in [0.25, 0.3) is 0 Å². The summed E-state index contributed by atoms with van der Waals surface area (Å²) in [5.41, 5.74) is -0.770. The van der Waals surface area contributed by atoms with Crippen LogP contribution in [-0.4, -0.2) is 53.9 Å². The lowest BCUT2D eigenvalue weighted by molar-refractivity contribution is -0.376. The Hall–Kier alpha value is -3.39. The number of rotatable bonds is 9. The molecule has 1 saturated heterocycles. The number of urea groups is 1. The first kappa shape index (κ1) is 33.1. The van der Waals surface area contributed by atoms with Crippen molar-refractivity contribution >= 4 is 17.6 Å². The zero-order valence-corrected chi connectivity index (χ0v) is 23.0. The first-order chi connectivity index (χ1) is 19.3. The number of nitrogens with one attached hydrogen (secondary N) is 2. The van der Waals surface area contributed by atoms with Gasteiger partial charge in [-0.1, -0.05) is 30.3 Å². The number of alkyl halides is 6. The third-order valence-electron chi connectivity index (χ3n) is 7.47. The average molecular weight is 607 g/mol. The Balaban J connectivity index is 1.51. The number of carbonyl (C=O) groups excluding carboxylic acids is 2. The molecule has 0 saturated carbocycles. The van der Waals surface area contributed by atoms with Crippen molar-refractivity contribution in [2.24, 2.45) is 17.1 Å². The summed E-state index contributed by atoms with van der Waals surface area (Å²) in [6.07, 6.45) is -9.83. The fourth-order valence-electron chi connectivity index (χ4n) is 4.62. The molecule has 42 heavy (non-hydrogen) atoms. The van der Waals surface area contributed by atoms with E-state index < -0.39 is 46.7 Å². The highest BCUT2D eigenvalue weighted by molar-refractivity contribution is 5.90. The molecular weight excluding hydrogens is 573 g/mol. The van der Waals surface area contributed by atoms with Crippen LogP contribution in [0.1, 0.15) is 43.4 Å². The van der Waals surface area contributed by atoms with Crippen LogP contribution in [0.15, 0.2) is 42.5 Å². The number of hydrogen-bond acceptors (Lipinski definition) is 4. The maximum Gasteiger partial charge on any atom is 0.430 e. The van der Waals surface area contributed by atoms with Crippen molar-refractivity contribution < 1.29 is 45.4 Å². The molecule has 14 heteroatoms. The van der Waals surface area contributed by atoms with Crippen LogP contribution < -0.4 is 16.4 Å². The summed E-state index contributed by atoms with van der Waals surface area (Å²) in [4.78, 5) is 25.5. The number of halogens is 7. The van der Waals surface area contributed by atoms with E-state index in [0.717, 1.165) is 30.5 Å². The van der Waals surface area contributed by atoms with Crippen LogP contribution in [0.3, 0.4) is 0 Å². The van der Waals surface area contributed by atoms with Gasteiger partial charge in [-0.2, -0.15) is 26.3 Å². The molecular formula is C28H33F7N4O3. The summed E-state index contributed by atoms with van der Waals surface area (Å²) in [7, 11) is 0. The Labute approximate surface area is 238 Å². The minimum absolute atomic E-state index is 0.0297. The van der Waals surface area contributed by atoms with Crippen molar-refractivity contribution in [3.63, 3.8) is 0 Å². The number of primary amides is 1. The molecule has 0 spiro atoms. The molecule has 0 atom stereocenters. The highest BCUT2D eigenvalue weighted by atomic mass is 19.4. The smallest absolute Gasteiger partial charge is 0.369 e. The Morgan fingerprint density at radius 2 is 1.50 bits per heavy atom. The third-order valence-corrected chi connectivity index (χ3v) is 7.47. The van der Waals surface area contributed by atoms with E-state index in [4.69, 9.17) is 5.73 Å². The molecule has 1 aliphatic heterocycles. The molecule has 3 rings (SSSR count). The summed E-state index contributed by atoms with van der Waals surface area (Å²) in [6.45, 7) is 4.64. The number of benzene rings is 2. The number of likely N-dealkylation sites (tertiary alicyclic amines) is 1. The van der Waals surface area contributed by atoms with Crippen LogP contribution in [-0.2, 0) is 23.4 Å². The monoisotopic (exact) mass is 606 g/mol. The fourth-order valence-corrected chi connectivity index (χ4v) is 4.62. The van der Waals surface area contributed by atoms with E-state index in [2.05, 4.69) is 10.6 Å². The van der Waals surface area contributed by atoms with Gasteiger partial charge in [0.25, 0.3) is 5.60 Å². The Bertz CT molecular complexity index is 1240. The molecule has 0 aromatic heterocycles. The van der Waals surface area contributed by atoms with Gasteiger partial charge in [0.15, 0.2) is 0 Å². The van der Waals surface area contributed by atoms with E-state index in [9.17, 15) is 45.4 Å². The van der Waals surface area contributed by atoms with E-state index in [1.165, 1.54) is 12.1 Å². The predicted molar refractivity (Wildman–Crippen MR) is 141 cm³/mol. The van der Waals surface area contributed by atoms with Gasteiger partial charge in [0, 0.05) is 18.7 Å². The molecule has 0 aliphatic carbocycles. The standard InChI is InChI=1S/C28H33F7N4O3/c1-25(2,23(36)40)16-37-24(41)38-22-8-5-19(14-21(22)29)13-17-9-11-39(12-10-17)15-18-3-6-20(7-4-18)26(42,27(30,31)32)28(33,34)35/h3-8,14,17,42H,9-13,15-16H2,1-2H3,(H2,36,40)(H2,37,38,41). The largest absolute Gasteiger partial charge is 0.430 e. The lowest BCUT2D eigenvalue weighted by Gasteiger charge is -2.33. The van der Waals surface area contributed by atoms with Crippen LogP contribution in [0.2, 0.25) is 0 Å². The molecule has 3 amide bonds. The van der Waals surface area contributed by atoms with E-state index in [-0.39, 0.29) is 18.2 Å². The summed E-state index contributed by atoms with van der Waals surface area (Å²) < 4.78 is 93.2. The van der Waals surface area contributed by atoms with Crippen LogP contribution in [0.4, 0.5) is 41.2 Å². The van der Waals surface area contributed by atoms with E-state index >= 15 is 0 Å². The lowest BCUT2D eigenvalue weighted by Crippen LogP contribution is -2.53. The van der Waals surface area contributed by atoms with Crippen molar-refractivity contribution in [2.45, 2.75) is 57.6 Å². The topological polar surface area (TPSA) is 108 Å². The minimum Gasteiger partial charge on any atom is -0.369 e. The molecule has 0 bridgehead atoms. The van der Waals surface area contributed by atoms with Gasteiger partial charge in [0.2, 0.25) is 5.91 Å². The second-order valence-corrected chi connectivity index (χ2v) is 11.2. The Morgan fingerprint density at radius 3 is 2.00 bits per heavy atom. The second-order valence-electron chi connectivity index (χ2n) is 11.2. The number of anilines is 1. The van der Waals surface area contributed by atoms with Gasteiger partial charge >= 0.3 is 18.4 Å². The summed E-state index contributed by atoms with van der Waals surface area (Å²) in [6, 6.07) is 7.35. The number of piperidine rings is 1. The number of hydrogen-bond donors (Lipinski definition) is 4. The molecule has 7 nitrogen and oxygen atoms in total. The highest BCUT2D eigenvalue weighted by Gasteiger charge is 2.71. The highest BCUT2D eigenvalue weighted by Crippen LogP contribution is 2.50. The summed E-state index contributed by atoms with van der Waals surface area (Å²) >= 11 is 0. The number of nitrogens with zero attached hydrogens (tertiary/aromatic N) is 1. The lowest BCUT2D eigenvalue weighted by atomic mass is 9.89. The van der Waals surface area contributed by atoms with Crippen LogP contribution >= 0.6 is 0 Å². The number of aliphatic hydroxyl groups is 1. The van der Waals surface area contributed by atoms with Crippen molar-refractivity contribution in [2.75, 3.05) is 25.0 Å². The first-order valence-electron chi connectivity index (χ1n) is 13.1. The summed E-state index contributed by atoms with van der Waals surface area (Å²) in [5, 5.41) is 14.4. The Morgan fingerprint density at radius 1 is 0.952 bits per heavy atom. The van der Waals surface area contributed by atoms with Gasteiger partial charge in [0.1, 0.15) is 5.82 Å². The molecule has 1 aliphatic rings. The number of amides is 3. The number of nitrogens with two attached hydrogens (primary N) is 1. The zero-order chi connectivity index (χ0) is 31.5. The van der Waals surface area contributed by atoms with Crippen molar-refractivity contribution in [3.8, 4) is 0 Å². The van der Waals surface area contributed by atoms with Crippen molar-refractivity contribution in [1.82, 2.24) is 10.2 Å². The van der Waals surface area contributed by atoms with E-state index in [1.807, 2.05) is 4.90 Å². The molecule has 5 N–H and O–H groups in total. The molecule has 1 heterocycles. The Kier molecular flexibility index (Phi) is 9.82. The van der Waals surface area contributed by atoms with Crippen LogP contribution in [0, 0.1) is 17.2 Å². The minimum atomic E-state index is -5.94. The van der Waals surface area contributed by atoms with E-state index in [0.29, 0.717) is 43.8 Å². The van der Waals surface area contributed by atoms with Gasteiger partial charge < -0.3 is 21.5 Å². The molecule has 232 valence electrons. The van der Waals surface area contributed by atoms with Gasteiger partial charge in [-0.05, 0) is 75.4 Å². The predicted octanol–water partition coefficient (Wildman–Crippen LogP) is 5.23. The van der Waals surface area contributed by atoms with Crippen molar-refractivity contribution in [3.05, 3.63) is 65.0 Å². The summed E-state index contributed by atoms with van der Waals surface area (Å²) in [5.74, 6) is -0.999. The maximum atomic E-state index is 14.6. The van der Waals surface area contributed by atoms with Gasteiger partial charge in [-0.15, -0.1) is 0 Å². The fraction of sp³-hybridized carbons (Fsp3) is 0.500. The second kappa shape index (κ2) is 12.5. The van der Waals surface area contributed by atoms with Crippen LogP contribution in [0.5, 0.6) is 0 Å². The zero-order valence-electron chi connectivity index (χ0n) is 23.0. The normalized spacial score (nSPS) is 15.9. The molecule has 0 radical (unpaired) electrons. The molecule has 0 unspecified atom stereocenters. The quantitative estimate of drug-likeness (QED) is 0.294. The van der Waals surface area contributed by atoms with Gasteiger partial charge in [0.05, 0.1) is 11.1 Å². The van der Waals surface area contributed by atoms with E-state index in [1.54, 1.807) is 19.9 Å².